The van der Waals surface area contributed by atoms with Crippen LogP contribution in [0.1, 0.15) is 49.3 Å². The third-order valence-corrected chi connectivity index (χ3v) is 5.35. The molecule has 0 saturated carbocycles. The minimum Gasteiger partial charge on any atom is -0.333 e. The van der Waals surface area contributed by atoms with Gasteiger partial charge in [-0.15, -0.1) is 0 Å². The van der Waals surface area contributed by atoms with Gasteiger partial charge < -0.3 is 4.90 Å². The van der Waals surface area contributed by atoms with Gasteiger partial charge in [0.05, 0.1) is 17.4 Å². The lowest BCUT2D eigenvalue weighted by Crippen LogP contribution is -2.42. The van der Waals surface area contributed by atoms with Crippen LogP contribution in [0.15, 0.2) is 33.9 Å². The molecule has 0 aliphatic carbocycles. The summed E-state index contributed by atoms with van der Waals surface area (Å²) in [6.07, 6.45) is 3.34. The highest BCUT2D eigenvalue weighted by molar-refractivity contribution is 5.76. The second kappa shape index (κ2) is 7.65. The van der Waals surface area contributed by atoms with Crippen LogP contribution in [0.4, 0.5) is 0 Å². The molecule has 1 atom stereocenters. The van der Waals surface area contributed by atoms with Crippen LogP contribution in [0.3, 0.4) is 0 Å². The van der Waals surface area contributed by atoms with Gasteiger partial charge in [0.1, 0.15) is 6.54 Å². The Morgan fingerprint density at radius 1 is 1.21 bits per heavy atom. The summed E-state index contributed by atoms with van der Waals surface area (Å²) in [5, 5.41) is 7.28. The maximum atomic E-state index is 13.0. The number of piperidine rings is 1. The molecule has 0 bridgehead atoms. The first-order valence-corrected chi connectivity index (χ1v) is 9.92. The summed E-state index contributed by atoms with van der Waals surface area (Å²) in [6, 6.07) is 6.22. The van der Waals surface area contributed by atoms with Gasteiger partial charge in [-0.2, -0.15) is 5.10 Å². The average molecular weight is 396 g/mol. The van der Waals surface area contributed by atoms with Gasteiger partial charge in [0.15, 0.2) is 5.65 Å². The summed E-state index contributed by atoms with van der Waals surface area (Å²) >= 11 is 0. The largest absolute Gasteiger partial charge is 0.333 e. The van der Waals surface area contributed by atoms with Crippen LogP contribution in [-0.4, -0.2) is 41.7 Å². The van der Waals surface area contributed by atoms with Gasteiger partial charge in [-0.05, 0) is 38.7 Å². The summed E-state index contributed by atoms with van der Waals surface area (Å²) in [4.78, 5) is 43.7. The minimum atomic E-state index is -0.300. The molecule has 9 nitrogen and oxygen atoms in total. The molecule has 29 heavy (non-hydrogen) atoms. The maximum absolute atomic E-state index is 13.0. The summed E-state index contributed by atoms with van der Waals surface area (Å²) in [5.41, 5.74) is 2.29. The van der Waals surface area contributed by atoms with Crippen LogP contribution in [0.25, 0.3) is 5.65 Å². The molecule has 0 aromatic carbocycles. The maximum Gasteiger partial charge on any atom is 0.272 e. The molecule has 1 N–H and O–H groups in total. The van der Waals surface area contributed by atoms with Crippen LogP contribution in [-0.2, 0) is 17.8 Å². The van der Waals surface area contributed by atoms with Crippen LogP contribution in [0.2, 0.25) is 0 Å². The summed E-state index contributed by atoms with van der Waals surface area (Å²) in [6.45, 7) is 4.23. The fourth-order valence-corrected chi connectivity index (χ4v) is 3.85. The lowest BCUT2D eigenvalue weighted by atomic mass is 9.99. The molecule has 1 unspecified atom stereocenters. The summed E-state index contributed by atoms with van der Waals surface area (Å²) < 4.78 is 2.62. The number of hydrogen-bond acceptors (Lipinski definition) is 5. The number of nitrogens with one attached hydrogen (secondary N) is 1. The van der Waals surface area contributed by atoms with Crippen molar-refractivity contribution in [3.05, 3.63) is 62.1 Å². The minimum absolute atomic E-state index is 0.102. The van der Waals surface area contributed by atoms with E-state index in [0.29, 0.717) is 24.3 Å². The van der Waals surface area contributed by atoms with E-state index in [2.05, 4.69) is 15.2 Å². The van der Waals surface area contributed by atoms with Crippen LogP contribution in [0.5, 0.6) is 0 Å². The molecule has 1 aliphatic rings. The van der Waals surface area contributed by atoms with Gasteiger partial charge in [0, 0.05) is 30.4 Å². The number of nitrogens with zero attached hydrogens (tertiary/aromatic N) is 5. The van der Waals surface area contributed by atoms with Crippen molar-refractivity contribution in [1.29, 1.82) is 0 Å². The van der Waals surface area contributed by atoms with E-state index in [-0.39, 0.29) is 29.6 Å². The number of rotatable bonds is 4. The number of aromatic nitrogens is 5. The number of aryl methyl sites for hydroxylation is 2. The number of aromatic amines is 1. The second-order valence-electron chi connectivity index (χ2n) is 7.41. The molecular weight excluding hydrogens is 372 g/mol. The molecule has 3 aromatic rings. The third kappa shape index (κ3) is 3.72. The van der Waals surface area contributed by atoms with Gasteiger partial charge in [0.25, 0.3) is 11.1 Å². The predicted octanol–water partition coefficient (Wildman–Crippen LogP) is 1.20. The van der Waals surface area contributed by atoms with Crippen molar-refractivity contribution in [2.75, 3.05) is 6.54 Å². The van der Waals surface area contributed by atoms with E-state index in [1.54, 1.807) is 17.9 Å². The Morgan fingerprint density at radius 2 is 2.03 bits per heavy atom. The Labute approximate surface area is 167 Å². The SMILES string of the molecule is CCc1cc(=O)n2[nH]c(C3CCCCN3C(=O)Cn3nc(C)ccc3=O)cc2n1. The molecule has 0 spiro atoms. The normalized spacial score (nSPS) is 17.0. The smallest absolute Gasteiger partial charge is 0.272 e. The van der Waals surface area contributed by atoms with Gasteiger partial charge in [-0.25, -0.2) is 14.2 Å². The van der Waals surface area contributed by atoms with Crippen LogP contribution in [0, 0.1) is 6.92 Å². The number of fused-ring (bicyclic) bond motifs is 1. The van der Waals surface area contributed by atoms with Gasteiger partial charge in [-0.1, -0.05) is 6.92 Å². The van der Waals surface area contributed by atoms with Gasteiger partial charge in [0.2, 0.25) is 5.91 Å². The fourth-order valence-electron chi connectivity index (χ4n) is 3.85. The molecular formula is C20H24N6O3. The van der Waals surface area contributed by atoms with Crippen LogP contribution >= 0.6 is 0 Å². The van der Waals surface area contributed by atoms with E-state index in [1.807, 2.05) is 13.0 Å². The zero-order valence-corrected chi connectivity index (χ0v) is 16.6. The molecule has 1 aliphatic heterocycles. The molecule has 3 aromatic heterocycles. The number of carbonyl (C=O) groups is 1. The van der Waals surface area contributed by atoms with Crippen molar-refractivity contribution in [2.24, 2.45) is 0 Å². The quantitative estimate of drug-likeness (QED) is 0.713. The Bertz CT molecular complexity index is 1170. The Kier molecular flexibility index (Phi) is 5.04. The van der Waals surface area contributed by atoms with Gasteiger partial charge >= 0.3 is 0 Å². The monoisotopic (exact) mass is 396 g/mol. The first-order valence-electron chi connectivity index (χ1n) is 9.92. The molecule has 152 valence electrons. The lowest BCUT2D eigenvalue weighted by molar-refractivity contribution is -0.136. The lowest BCUT2D eigenvalue weighted by Gasteiger charge is -2.35. The number of H-pyrrole nitrogens is 1. The van der Waals surface area contributed by atoms with Crippen molar-refractivity contribution in [2.45, 2.75) is 52.1 Å². The highest BCUT2D eigenvalue weighted by Crippen LogP contribution is 2.30. The first kappa shape index (κ1) is 19.1. The van der Waals surface area contributed by atoms with E-state index in [9.17, 15) is 14.4 Å². The zero-order chi connectivity index (χ0) is 20.5. The average Bonchev–Trinajstić information content (AvgIpc) is 3.15. The number of carbonyl (C=O) groups excluding carboxylic acids is 1. The van der Waals surface area contributed by atoms with Crippen molar-refractivity contribution in [3.63, 3.8) is 0 Å². The Balaban J connectivity index is 1.65. The van der Waals surface area contributed by atoms with E-state index in [1.165, 1.54) is 21.3 Å². The number of likely N-dealkylation sites (tertiary alicyclic amines) is 1. The second-order valence-corrected chi connectivity index (χ2v) is 7.41. The number of amides is 1. The molecule has 1 amide bonds. The zero-order valence-electron chi connectivity index (χ0n) is 16.6. The summed E-state index contributed by atoms with van der Waals surface area (Å²) in [5.74, 6) is -0.164. The van der Waals surface area contributed by atoms with Crippen molar-refractivity contribution in [1.82, 2.24) is 29.3 Å². The molecule has 9 heteroatoms. The van der Waals surface area contributed by atoms with Gasteiger partial charge in [-0.3, -0.25) is 19.5 Å². The predicted molar refractivity (Wildman–Crippen MR) is 107 cm³/mol. The van der Waals surface area contributed by atoms with Crippen LogP contribution < -0.4 is 11.1 Å². The van der Waals surface area contributed by atoms with E-state index >= 15 is 0 Å². The molecule has 4 heterocycles. The van der Waals surface area contributed by atoms with E-state index < -0.39 is 0 Å². The highest BCUT2D eigenvalue weighted by Gasteiger charge is 2.30. The van der Waals surface area contributed by atoms with Crippen molar-refractivity contribution < 1.29 is 4.79 Å². The van der Waals surface area contributed by atoms with E-state index in [4.69, 9.17) is 0 Å². The highest BCUT2D eigenvalue weighted by atomic mass is 16.2. The van der Waals surface area contributed by atoms with E-state index in [0.717, 1.165) is 30.7 Å². The fraction of sp³-hybridized carbons (Fsp3) is 0.450. The molecule has 4 rings (SSSR count). The Hall–Kier alpha value is -3.23. The standard InChI is InChI=1S/C20H24N6O3/c1-3-14-10-19(28)26-17(21-14)11-15(23-26)16-6-4-5-9-24(16)20(29)12-25-18(27)8-7-13(2)22-25/h7-8,10-11,16,23H,3-6,9,12H2,1-2H3. The molecule has 1 saturated heterocycles. The molecule has 1 fully saturated rings. The Morgan fingerprint density at radius 3 is 2.83 bits per heavy atom. The third-order valence-electron chi connectivity index (χ3n) is 5.35. The first-order chi connectivity index (χ1) is 14.0. The molecule has 0 radical (unpaired) electrons. The number of hydrogen-bond donors (Lipinski definition) is 1. The van der Waals surface area contributed by atoms with Crippen molar-refractivity contribution >= 4 is 11.6 Å². The summed E-state index contributed by atoms with van der Waals surface area (Å²) in [7, 11) is 0. The van der Waals surface area contributed by atoms with Crippen molar-refractivity contribution in [3.8, 4) is 0 Å². The topological polar surface area (TPSA) is 105 Å².